The van der Waals surface area contributed by atoms with Crippen molar-refractivity contribution in [3.63, 3.8) is 0 Å². The number of carbonyl (C=O) groups is 1. The fraction of sp³-hybridized carbons (Fsp3) is 0.150. The van der Waals surface area contributed by atoms with Crippen molar-refractivity contribution in [1.29, 1.82) is 0 Å². The van der Waals surface area contributed by atoms with Gasteiger partial charge in [-0.25, -0.2) is 0 Å². The Morgan fingerprint density at radius 1 is 1.21 bits per heavy atom. The summed E-state index contributed by atoms with van der Waals surface area (Å²) < 4.78 is 5.21. The van der Waals surface area contributed by atoms with E-state index < -0.39 is 0 Å². The average molecular weight is 337 g/mol. The molecule has 0 spiro atoms. The van der Waals surface area contributed by atoms with Crippen molar-refractivity contribution in [3.05, 3.63) is 88.0 Å². The molecule has 1 N–H and O–H groups in total. The van der Waals surface area contributed by atoms with E-state index in [2.05, 4.69) is 36.5 Å². The van der Waals surface area contributed by atoms with Crippen LogP contribution >= 0.6 is 11.3 Å². The third-order valence-corrected chi connectivity index (χ3v) is 4.71. The number of carbonyl (C=O) groups excluding carboxylic acids is 1. The minimum absolute atomic E-state index is 0.148. The highest BCUT2D eigenvalue weighted by molar-refractivity contribution is 7.10. The summed E-state index contributed by atoms with van der Waals surface area (Å²) in [6.07, 6.45) is 5.75. The lowest BCUT2D eigenvalue weighted by molar-refractivity contribution is -0.116. The molecule has 1 unspecified atom stereocenters. The maximum Gasteiger partial charge on any atom is 0.244 e. The van der Waals surface area contributed by atoms with Crippen LogP contribution in [-0.2, 0) is 11.2 Å². The molecule has 2 aromatic heterocycles. The van der Waals surface area contributed by atoms with Crippen LogP contribution in [-0.4, -0.2) is 5.91 Å². The van der Waals surface area contributed by atoms with Crippen LogP contribution in [0.4, 0.5) is 0 Å². The van der Waals surface area contributed by atoms with Gasteiger partial charge in [0, 0.05) is 11.0 Å². The Labute approximate surface area is 145 Å². The second kappa shape index (κ2) is 7.79. The topological polar surface area (TPSA) is 42.2 Å². The highest BCUT2D eigenvalue weighted by atomic mass is 32.1. The van der Waals surface area contributed by atoms with Gasteiger partial charge in [-0.15, -0.1) is 11.3 Å². The molecule has 1 atom stereocenters. The van der Waals surface area contributed by atoms with Gasteiger partial charge in [-0.1, -0.05) is 37.3 Å². The normalized spacial score (nSPS) is 12.4. The Morgan fingerprint density at radius 2 is 2.04 bits per heavy atom. The Kier molecular flexibility index (Phi) is 5.29. The van der Waals surface area contributed by atoms with Gasteiger partial charge in [0.05, 0.1) is 12.3 Å². The Morgan fingerprint density at radius 3 is 2.67 bits per heavy atom. The van der Waals surface area contributed by atoms with Crippen molar-refractivity contribution in [2.75, 3.05) is 0 Å². The van der Waals surface area contributed by atoms with Gasteiger partial charge < -0.3 is 9.73 Å². The molecule has 0 bridgehead atoms. The van der Waals surface area contributed by atoms with Crippen LogP contribution in [0.2, 0.25) is 0 Å². The second-order valence-electron chi connectivity index (χ2n) is 5.40. The van der Waals surface area contributed by atoms with E-state index in [4.69, 9.17) is 4.42 Å². The van der Waals surface area contributed by atoms with Crippen LogP contribution in [0, 0.1) is 0 Å². The summed E-state index contributed by atoms with van der Waals surface area (Å²) in [7, 11) is 0. The lowest BCUT2D eigenvalue weighted by Crippen LogP contribution is -2.27. The molecule has 1 aromatic carbocycles. The van der Waals surface area contributed by atoms with Gasteiger partial charge in [-0.05, 0) is 47.2 Å². The molecule has 3 rings (SSSR count). The summed E-state index contributed by atoms with van der Waals surface area (Å²) in [5.41, 5.74) is 2.36. The van der Waals surface area contributed by atoms with Gasteiger partial charge in [0.25, 0.3) is 0 Å². The van der Waals surface area contributed by atoms with E-state index in [1.54, 1.807) is 29.7 Å². The Balaban J connectivity index is 1.78. The molecule has 122 valence electrons. The first-order valence-electron chi connectivity index (χ1n) is 7.90. The molecule has 0 aliphatic rings. The summed E-state index contributed by atoms with van der Waals surface area (Å²) in [5.74, 6) is 0.509. The number of thiophene rings is 1. The minimum Gasteiger partial charge on any atom is -0.465 e. The maximum absolute atomic E-state index is 12.3. The summed E-state index contributed by atoms with van der Waals surface area (Å²) >= 11 is 1.64. The van der Waals surface area contributed by atoms with Gasteiger partial charge in [-0.2, -0.15) is 0 Å². The number of nitrogens with one attached hydrogen (secondary N) is 1. The number of hydrogen-bond donors (Lipinski definition) is 1. The van der Waals surface area contributed by atoms with Crippen LogP contribution in [0.5, 0.6) is 0 Å². The smallest absolute Gasteiger partial charge is 0.244 e. The molecule has 3 nitrogen and oxygen atoms in total. The number of benzene rings is 1. The van der Waals surface area contributed by atoms with E-state index in [1.807, 2.05) is 23.6 Å². The minimum atomic E-state index is -0.149. The average Bonchev–Trinajstić information content (AvgIpc) is 3.31. The zero-order valence-corrected chi connectivity index (χ0v) is 14.3. The maximum atomic E-state index is 12.3. The van der Waals surface area contributed by atoms with Crippen LogP contribution in [0.1, 0.15) is 34.7 Å². The lowest BCUT2D eigenvalue weighted by atomic mass is 10.0. The molecular weight excluding hydrogens is 318 g/mol. The van der Waals surface area contributed by atoms with Crippen molar-refractivity contribution in [3.8, 4) is 0 Å². The molecule has 0 aliphatic heterocycles. The second-order valence-corrected chi connectivity index (χ2v) is 6.38. The zero-order valence-electron chi connectivity index (χ0n) is 13.4. The van der Waals surface area contributed by atoms with Crippen molar-refractivity contribution in [1.82, 2.24) is 5.32 Å². The monoisotopic (exact) mass is 337 g/mol. The van der Waals surface area contributed by atoms with E-state index in [0.29, 0.717) is 5.76 Å². The van der Waals surface area contributed by atoms with Gasteiger partial charge in [0.2, 0.25) is 5.91 Å². The van der Waals surface area contributed by atoms with E-state index in [-0.39, 0.29) is 11.9 Å². The quantitative estimate of drug-likeness (QED) is 0.655. The van der Waals surface area contributed by atoms with Crippen LogP contribution in [0.3, 0.4) is 0 Å². The summed E-state index contributed by atoms with van der Waals surface area (Å²) in [5, 5.41) is 5.10. The number of amides is 1. The molecule has 0 saturated heterocycles. The molecule has 1 amide bonds. The summed E-state index contributed by atoms with van der Waals surface area (Å²) in [4.78, 5) is 13.4. The molecular formula is C20H19NO2S. The van der Waals surface area contributed by atoms with Crippen LogP contribution in [0.15, 0.2) is 70.7 Å². The fourth-order valence-electron chi connectivity index (χ4n) is 2.45. The molecule has 0 fully saturated rings. The van der Waals surface area contributed by atoms with Crippen molar-refractivity contribution < 1.29 is 9.21 Å². The molecule has 4 heteroatoms. The van der Waals surface area contributed by atoms with E-state index in [0.717, 1.165) is 16.9 Å². The summed E-state index contributed by atoms with van der Waals surface area (Å²) in [6, 6.07) is 15.9. The first kappa shape index (κ1) is 16.3. The third-order valence-electron chi connectivity index (χ3n) is 3.78. The third kappa shape index (κ3) is 4.03. The SMILES string of the molecule is CCc1ccc(C(NC(=O)/C=C/c2ccco2)c2cccs2)cc1. The number of hydrogen-bond acceptors (Lipinski definition) is 3. The highest BCUT2D eigenvalue weighted by Crippen LogP contribution is 2.26. The van der Waals surface area contributed by atoms with Crippen LogP contribution < -0.4 is 5.32 Å². The lowest BCUT2D eigenvalue weighted by Gasteiger charge is -2.17. The number of rotatable bonds is 6. The standard InChI is InChI=1S/C20H19NO2S/c1-2-15-7-9-16(10-8-15)20(18-6-4-14-24-18)21-19(22)12-11-17-5-3-13-23-17/h3-14,20H,2H2,1H3,(H,21,22)/b12-11+. The van der Waals surface area contributed by atoms with Gasteiger partial charge >= 0.3 is 0 Å². The Bertz CT molecular complexity index is 787. The van der Waals surface area contributed by atoms with Crippen LogP contribution in [0.25, 0.3) is 6.08 Å². The molecule has 0 aliphatic carbocycles. The van der Waals surface area contributed by atoms with E-state index >= 15 is 0 Å². The Hall–Kier alpha value is -2.59. The van der Waals surface area contributed by atoms with E-state index in [1.165, 1.54) is 11.6 Å². The van der Waals surface area contributed by atoms with Crippen molar-refractivity contribution in [2.24, 2.45) is 0 Å². The molecule has 24 heavy (non-hydrogen) atoms. The predicted octanol–water partition coefficient (Wildman–Crippen LogP) is 4.82. The predicted molar refractivity (Wildman–Crippen MR) is 97.9 cm³/mol. The molecule has 0 radical (unpaired) electrons. The first-order valence-corrected chi connectivity index (χ1v) is 8.78. The summed E-state index contributed by atoms with van der Waals surface area (Å²) in [6.45, 7) is 2.13. The highest BCUT2D eigenvalue weighted by Gasteiger charge is 2.16. The zero-order chi connectivity index (χ0) is 16.8. The van der Waals surface area contributed by atoms with Gasteiger partial charge in [-0.3, -0.25) is 4.79 Å². The largest absolute Gasteiger partial charge is 0.465 e. The van der Waals surface area contributed by atoms with Crippen molar-refractivity contribution in [2.45, 2.75) is 19.4 Å². The molecule has 2 heterocycles. The molecule has 0 saturated carbocycles. The number of aryl methyl sites for hydroxylation is 1. The van der Waals surface area contributed by atoms with E-state index in [9.17, 15) is 4.79 Å². The fourth-order valence-corrected chi connectivity index (χ4v) is 3.26. The first-order chi connectivity index (χ1) is 11.8. The van der Waals surface area contributed by atoms with Crippen molar-refractivity contribution >= 4 is 23.3 Å². The van der Waals surface area contributed by atoms with Gasteiger partial charge in [0.1, 0.15) is 5.76 Å². The van der Waals surface area contributed by atoms with Gasteiger partial charge in [0.15, 0.2) is 0 Å². The number of furan rings is 1. The molecule has 3 aromatic rings.